The fourth-order valence-corrected chi connectivity index (χ4v) is 3.28. The van der Waals surface area contributed by atoms with E-state index in [0.29, 0.717) is 11.4 Å². The number of pyridine rings is 1. The van der Waals surface area contributed by atoms with Crippen molar-refractivity contribution >= 4 is 0 Å². The van der Waals surface area contributed by atoms with Crippen LogP contribution in [0.1, 0.15) is 5.69 Å². The van der Waals surface area contributed by atoms with E-state index in [0.717, 1.165) is 22.4 Å². The Morgan fingerprint density at radius 3 is 2.41 bits per heavy atom. The van der Waals surface area contributed by atoms with Gasteiger partial charge < -0.3 is 4.74 Å². The van der Waals surface area contributed by atoms with E-state index in [-0.39, 0.29) is 13.1 Å². The van der Waals surface area contributed by atoms with Crippen molar-refractivity contribution < 1.29 is 17.9 Å². The first-order valence-corrected chi connectivity index (χ1v) is 8.42. The van der Waals surface area contributed by atoms with Gasteiger partial charge in [0.05, 0.1) is 19.3 Å². The number of benzene rings is 1. The van der Waals surface area contributed by atoms with E-state index in [1.165, 1.54) is 4.68 Å². The predicted octanol–water partition coefficient (Wildman–Crippen LogP) is 3.65. The van der Waals surface area contributed by atoms with E-state index in [1.54, 1.807) is 31.6 Å². The molecule has 140 valence electrons. The number of alkyl halides is 3. The smallest absolute Gasteiger partial charge is 0.405 e. The summed E-state index contributed by atoms with van der Waals surface area (Å²) in [4.78, 5) is 4.03. The summed E-state index contributed by atoms with van der Waals surface area (Å²) in [7, 11) is 1.58. The Labute approximate surface area is 153 Å². The van der Waals surface area contributed by atoms with Gasteiger partial charge in [-0.3, -0.25) is 15.0 Å². The van der Waals surface area contributed by atoms with Gasteiger partial charge in [-0.25, -0.2) is 0 Å². The number of hydrogen-bond acceptors (Lipinski definition) is 4. The number of rotatable bonds is 3. The molecule has 3 aromatic rings. The molecular formula is C19H17F3N4O. The molecule has 2 aromatic heterocycles. The van der Waals surface area contributed by atoms with Crippen LogP contribution >= 0.6 is 0 Å². The molecule has 27 heavy (non-hydrogen) atoms. The van der Waals surface area contributed by atoms with Crippen molar-refractivity contribution in [2.45, 2.75) is 25.3 Å². The molecule has 5 nitrogen and oxygen atoms in total. The second-order valence-electron chi connectivity index (χ2n) is 6.29. The maximum atomic E-state index is 13.1. The van der Waals surface area contributed by atoms with Gasteiger partial charge in [0.15, 0.2) is 0 Å². The molecule has 0 radical (unpaired) electrons. The number of aromatic nitrogens is 3. The van der Waals surface area contributed by atoms with Gasteiger partial charge in [-0.2, -0.15) is 18.3 Å². The lowest BCUT2D eigenvalue weighted by atomic mass is 9.99. The zero-order valence-electron chi connectivity index (χ0n) is 14.5. The fourth-order valence-electron chi connectivity index (χ4n) is 3.28. The largest absolute Gasteiger partial charge is 0.497 e. The minimum atomic E-state index is -4.32. The van der Waals surface area contributed by atoms with Crippen molar-refractivity contribution in [3.05, 3.63) is 54.5 Å². The normalized spacial score (nSPS) is 16.8. The van der Waals surface area contributed by atoms with Gasteiger partial charge in [-0.15, -0.1) is 0 Å². The van der Waals surface area contributed by atoms with Gasteiger partial charge in [-0.1, -0.05) is 0 Å². The molecule has 0 saturated carbocycles. The number of ether oxygens (including phenoxy) is 1. The minimum Gasteiger partial charge on any atom is -0.497 e. The molecule has 0 saturated heterocycles. The Morgan fingerprint density at radius 1 is 1.07 bits per heavy atom. The van der Waals surface area contributed by atoms with Crippen molar-refractivity contribution in [3.63, 3.8) is 0 Å². The molecule has 1 atom stereocenters. The van der Waals surface area contributed by atoms with Crippen molar-refractivity contribution in [1.82, 2.24) is 20.1 Å². The Hall–Kier alpha value is -2.87. The summed E-state index contributed by atoms with van der Waals surface area (Å²) >= 11 is 0. The topological polar surface area (TPSA) is 52.0 Å². The molecule has 0 spiro atoms. The molecule has 8 heteroatoms. The van der Waals surface area contributed by atoms with Gasteiger partial charge in [0.1, 0.15) is 17.5 Å². The van der Waals surface area contributed by atoms with Crippen molar-refractivity contribution in [3.8, 4) is 28.1 Å². The number of nitrogens with zero attached hydrogens (tertiary/aromatic N) is 3. The Balaban J connectivity index is 1.84. The second-order valence-corrected chi connectivity index (χ2v) is 6.29. The third-order valence-corrected chi connectivity index (χ3v) is 4.66. The molecule has 1 aromatic carbocycles. The van der Waals surface area contributed by atoms with Crippen LogP contribution in [0.2, 0.25) is 0 Å². The summed E-state index contributed by atoms with van der Waals surface area (Å²) in [5.41, 5.74) is 3.86. The fraction of sp³-hybridized carbons (Fsp3) is 0.263. The molecule has 0 fully saturated rings. The van der Waals surface area contributed by atoms with Crippen molar-refractivity contribution in [2.24, 2.45) is 0 Å². The number of fused-ring (bicyclic) bond motifs is 1. The third kappa shape index (κ3) is 3.28. The molecule has 3 heterocycles. The van der Waals surface area contributed by atoms with Crippen LogP contribution in [0, 0.1) is 0 Å². The summed E-state index contributed by atoms with van der Waals surface area (Å²) in [6.07, 6.45) is -1.00. The minimum absolute atomic E-state index is 0.0883. The van der Waals surface area contributed by atoms with Gasteiger partial charge >= 0.3 is 6.18 Å². The molecule has 1 N–H and O–H groups in total. The molecule has 1 aliphatic heterocycles. The Kier molecular flexibility index (Phi) is 4.35. The summed E-state index contributed by atoms with van der Waals surface area (Å²) < 4.78 is 46.1. The average molecular weight is 374 g/mol. The molecule has 1 unspecified atom stereocenters. The van der Waals surface area contributed by atoms with Crippen LogP contribution in [0.25, 0.3) is 22.4 Å². The van der Waals surface area contributed by atoms with Crippen LogP contribution in [0.3, 0.4) is 0 Å². The maximum Gasteiger partial charge on any atom is 0.405 e. The zero-order valence-corrected chi connectivity index (χ0v) is 14.5. The van der Waals surface area contributed by atoms with E-state index in [2.05, 4.69) is 15.4 Å². The summed E-state index contributed by atoms with van der Waals surface area (Å²) in [5.74, 6) is 0.701. The van der Waals surface area contributed by atoms with E-state index >= 15 is 0 Å². The highest BCUT2D eigenvalue weighted by atomic mass is 19.4. The molecule has 1 aliphatic rings. The lowest BCUT2D eigenvalue weighted by molar-refractivity contribution is -0.162. The number of hydrogen-bond donors (Lipinski definition) is 1. The van der Waals surface area contributed by atoms with Gasteiger partial charge in [0.25, 0.3) is 0 Å². The Morgan fingerprint density at radius 2 is 1.78 bits per heavy atom. The standard InChI is InChI=1S/C19H17F3N4O/c1-27-14-4-2-13(3-5-14)18-17(12-6-8-23-9-7-12)15-10-24-16(19(20,21)22)11-26(15)25-18/h2-9,16,24H,10-11H2,1H3. The van der Waals surface area contributed by atoms with E-state index in [4.69, 9.17) is 4.74 Å². The van der Waals surface area contributed by atoms with E-state index < -0.39 is 12.2 Å². The van der Waals surface area contributed by atoms with Crippen LogP contribution in [-0.2, 0) is 13.1 Å². The molecule has 0 aliphatic carbocycles. The molecular weight excluding hydrogens is 357 g/mol. The van der Waals surface area contributed by atoms with Gasteiger partial charge in [0, 0.05) is 30.1 Å². The van der Waals surface area contributed by atoms with Crippen molar-refractivity contribution in [2.75, 3.05) is 7.11 Å². The summed E-state index contributed by atoms with van der Waals surface area (Å²) in [6, 6.07) is 9.38. The first-order chi connectivity index (χ1) is 13.0. The number of nitrogens with one attached hydrogen (secondary N) is 1. The second kappa shape index (κ2) is 6.70. The first kappa shape index (κ1) is 17.5. The monoisotopic (exact) mass is 374 g/mol. The summed E-state index contributed by atoms with van der Waals surface area (Å²) in [5, 5.41) is 7.12. The van der Waals surface area contributed by atoms with Crippen LogP contribution in [0.4, 0.5) is 13.2 Å². The average Bonchev–Trinajstić information content (AvgIpc) is 3.06. The number of halogens is 3. The van der Waals surface area contributed by atoms with E-state index in [1.807, 2.05) is 24.3 Å². The highest BCUT2D eigenvalue weighted by molar-refractivity contribution is 5.83. The highest BCUT2D eigenvalue weighted by Crippen LogP contribution is 2.37. The lowest BCUT2D eigenvalue weighted by Gasteiger charge is -2.27. The SMILES string of the molecule is COc1ccc(-c2nn3c(c2-c2ccncc2)CNC(C(F)(F)F)C3)cc1. The van der Waals surface area contributed by atoms with Crippen molar-refractivity contribution in [1.29, 1.82) is 0 Å². The van der Waals surface area contributed by atoms with Crippen LogP contribution in [0.15, 0.2) is 48.8 Å². The molecule has 0 amide bonds. The number of methoxy groups -OCH3 is 1. The van der Waals surface area contributed by atoms with Crippen LogP contribution in [0.5, 0.6) is 5.75 Å². The van der Waals surface area contributed by atoms with Gasteiger partial charge in [-0.05, 0) is 42.0 Å². The lowest BCUT2D eigenvalue weighted by Crippen LogP contribution is -2.48. The molecule has 0 bridgehead atoms. The quantitative estimate of drug-likeness (QED) is 0.760. The Bertz CT molecular complexity index is 936. The van der Waals surface area contributed by atoms with Gasteiger partial charge in [0.2, 0.25) is 0 Å². The molecule has 4 rings (SSSR count). The maximum absolute atomic E-state index is 13.1. The predicted molar refractivity (Wildman–Crippen MR) is 94.1 cm³/mol. The van der Waals surface area contributed by atoms with Crippen LogP contribution < -0.4 is 10.1 Å². The van der Waals surface area contributed by atoms with E-state index in [9.17, 15) is 13.2 Å². The third-order valence-electron chi connectivity index (χ3n) is 4.66. The zero-order chi connectivity index (χ0) is 19.0. The first-order valence-electron chi connectivity index (χ1n) is 8.42. The van der Waals surface area contributed by atoms with Crippen LogP contribution in [-0.4, -0.2) is 34.1 Å². The highest BCUT2D eigenvalue weighted by Gasteiger charge is 2.42. The summed E-state index contributed by atoms with van der Waals surface area (Å²) in [6.45, 7) is -0.169.